The Morgan fingerprint density at radius 3 is 2.49 bits per heavy atom. The summed E-state index contributed by atoms with van der Waals surface area (Å²) < 4.78 is 33.0. The van der Waals surface area contributed by atoms with Crippen LogP contribution in [0.25, 0.3) is 0 Å². The van der Waals surface area contributed by atoms with E-state index in [0.29, 0.717) is 5.56 Å². The lowest BCUT2D eigenvalue weighted by Crippen LogP contribution is -2.49. The number of rotatable bonds is 11. The van der Waals surface area contributed by atoms with Gasteiger partial charge < -0.3 is 15.4 Å². The highest BCUT2D eigenvalue weighted by atomic mass is 32.2. The van der Waals surface area contributed by atoms with Gasteiger partial charge in [-0.3, -0.25) is 9.59 Å². The molecule has 2 aromatic rings. The molecule has 0 saturated heterocycles. The number of hydrogen-bond donors (Lipinski definition) is 3. The van der Waals surface area contributed by atoms with Crippen LogP contribution in [0.3, 0.4) is 0 Å². The number of amides is 1. The third-order valence-corrected chi connectivity index (χ3v) is 8.34. The van der Waals surface area contributed by atoms with Crippen LogP contribution in [-0.2, 0) is 26.0 Å². The summed E-state index contributed by atoms with van der Waals surface area (Å²) >= 11 is 0. The van der Waals surface area contributed by atoms with Crippen LogP contribution in [0.2, 0.25) is 0 Å². The van der Waals surface area contributed by atoms with Crippen molar-refractivity contribution in [3.63, 3.8) is 0 Å². The topological polar surface area (TPSA) is 126 Å². The molecule has 0 bridgehead atoms. The lowest BCUT2D eigenvalue weighted by Gasteiger charge is -2.24. The number of aliphatic imine (C=N–C) groups is 1. The third kappa shape index (κ3) is 7.77. The first-order valence-corrected chi connectivity index (χ1v) is 14.9. The standard InChI is InChI=1S/C29H36N4O5S/c1-3-38-29(35)26(33-39(36,37)25-16-6-20(2)7-17-25)19-31-28(34)23-11-8-21(9-12-23)10-14-24-15-13-22-5-4-18-30-27(22)32-24/h6-9,11-12,16-17,26,30,33H,3-5,10,13-15,18-19H2,1-2H3,(H,31,34)/t26-/m0/s1. The second-order valence-corrected chi connectivity index (χ2v) is 11.5. The highest BCUT2D eigenvalue weighted by Crippen LogP contribution is 2.26. The molecule has 2 aliphatic rings. The Balaban J connectivity index is 1.33. The molecule has 2 heterocycles. The Morgan fingerprint density at radius 1 is 1.03 bits per heavy atom. The lowest BCUT2D eigenvalue weighted by molar-refractivity contribution is -0.144. The molecule has 0 aromatic heterocycles. The fraction of sp³-hybridized carbons (Fsp3) is 0.414. The summed E-state index contributed by atoms with van der Waals surface area (Å²) in [4.78, 5) is 30.1. The van der Waals surface area contributed by atoms with Crippen LogP contribution in [0.5, 0.6) is 0 Å². The number of nitrogens with one attached hydrogen (secondary N) is 3. The third-order valence-electron chi connectivity index (χ3n) is 6.85. The smallest absolute Gasteiger partial charge is 0.326 e. The Hall–Kier alpha value is -3.50. The lowest BCUT2D eigenvalue weighted by atomic mass is 9.95. The average Bonchev–Trinajstić information content (AvgIpc) is 2.94. The van der Waals surface area contributed by atoms with E-state index in [9.17, 15) is 18.0 Å². The molecule has 9 nitrogen and oxygen atoms in total. The van der Waals surface area contributed by atoms with Gasteiger partial charge in [-0.05, 0) is 87.8 Å². The Labute approximate surface area is 230 Å². The zero-order chi connectivity index (χ0) is 27.8. The van der Waals surface area contributed by atoms with Gasteiger partial charge in [-0.15, -0.1) is 0 Å². The molecule has 208 valence electrons. The SMILES string of the molecule is CCOC(=O)[C@H](CNC(=O)c1ccc(CCC2=NC3=C(CCCN3)CC2)cc1)NS(=O)(=O)c1ccc(C)cc1. The summed E-state index contributed by atoms with van der Waals surface area (Å²) in [6, 6.07) is 12.3. The van der Waals surface area contributed by atoms with Crippen molar-refractivity contribution in [3.05, 3.63) is 76.6 Å². The van der Waals surface area contributed by atoms with E-state index in [1.54, 1.807) is 31.2 Å². The number of carbonyl (C=O) groups excluding carboxylic acids is 2. The quantitative estimate of drug-likeness (QED) is 0.367. The zero-order valence-electron chi connectivity index (χ0n) is 22.5. The number of benzene rings is 2. The molecule has 0 unspecified atom stereocenters. The summed E-state index contributed by atoms with van der Waals surface area (Å²) in [7, 11) is -4.00. The first-order chi connectivity index (χ1) is 18.7. The van der Waals surface area contributed by atoms with E-state index < -0.39 is 27.9 Å². The molecule has 10 heteroatoms. The number of allylic oxidation sites excluding steroid dienone is 1. The first-order valence-electron chi connectivity index (χ1n) is 13.4. The van der Waals surface area contributed by atoms with Gasteiger partial charge in [0.05, 0.1) is 11.5 Å². The number of hydrogen-bond acceptors (Lipinski definition) is 7. The number of esters is 1. The van der Waals surface area contributed by atoms with Crippen LogP contribution in [-0.4, -0.2) is 51.7 Å². The Morgan fingerprint density at radius 2 is 1.77 bits per heavy atom. The van der Waals surface area contributed by atoms with Gasteiger partial charge in [0.1, 0.15) is 11.9 Å². The molecule has 0 aliphatic carbocycles. The van der Waals surface area contributed by atoms with Crippen molar-refractivity contribution in [2.75, 3.05) is 19.7 Å². The van der Waals surface area contributed by atoms with Crippen LogP contribution in [0.4, 0.5) is 0 Å². The molecule has 39 heavy (non-hydrogen) atoms. The van der Waals surface area contributed by atoms with E-state index in [2.05, 4.69) is 15.4 Å². The number of nitrogens with zero attached hydrogens (tertiary/aromatic N) is 1. The van der Waals surface area contributed by atoms with Crippen molar-refractivity contribution < 1.29 is 22.7 Å². The highest BCUT2D eigenvalue weighted by Gasteiger charge is 2.27. The largest absolute Gasteiger partial charge is 0.465 e. The minimum Gasteiger partial charge on any atom is -0.465 e. The highest BCUT2D eigenvalue weighted by molar-refractivity contribution is 7.89. The molecule has 0 radical (unpaired) electrons. The second kappa shape index (κ2) is 13.0. The second-order valence-electron chi connectivity index (χ2n) is 9.81. The molecule has 2 aromatic carbocycles. The fourth-order valence-corrected chi connectivity index (χ4v) is 5.79. The summed E-state index contributed by atoms with van der Waals surface area (Å²) in [6.45, 7) is 4.29. The van der Waals surface area contributed by atoms with Crippen LogP contribution in [0.15, 0.2) is 69.8 Å². The molecule has 4 rings (SSSR count). The average molecular weight is 553 g/mol. The summed E-state index contributed by atoms with van der Waals surface area (Å²) in [5, 5.41) is 6.06. The van der Waals surface area contributed by atoms with Crippen molar-refractivity contribution >= 4 is 27.6 Å². The minimum absolute atomic E-state index is 0.0238. The van der Waals surface area contributed by atoms with Gasteiger partial charge in [0.25, 0.3) is 5.91 Å². The van der Waals surface area contributed by atoms with Crippen LogP contribution in [0.1, 0.15) is 60.5 Å². The van der Waals surface area contributed by atoms with Gasteiger partial charge in [-0.1, -0.05) is 29.8 Å². The summed E-state index contributed by atoms with van der Waals surface area (Å²) in [5.41, 5.74) is 5.06. The Bertz CT molecular complexity index is 1350. The fourth-order valence-electron chi connectivity index (χ4n) is 4.60. The molecule has 2 aliphatic heterocycles. The summed E-state index contributed by atoms with van der Waals surface area (Å²) in [6.07, 6.45) is 6.09. The van der Waals surface area contributed by atoms with Crippen molar-refractivity contribution in [2.45, 2.75) is 63.3 Å². The van der Waals surface area contributed by atoms with Crippen molar-refractivity contribution in [2.24, 2.45) is 4.99 Å². The van der Waals surface area contributed by atoms with Gasteiger partial charge in [-0.25, -0.2) is 13.4 Å². The van der Waals surface area contributed by atoms with Crippen molar-refractivity contribution in [3.8, 4) is 0 Å². The zero-order valence-corrected chi connectivity index (χ0v) is 23.3. The van der Waals surface area contributed by atoms with Crippen LogP contribution >= 0.6 is 0 Å². The minimum atomic E-state index is -4.00. The maximum Gasteiger partial charge on any atom is 0.326 e. The molecule has 0 fully saturated rings. The maximum absolute atomic E-state index is 12.8. The van der Waals surface area contributed by atoms with Gasteiger partial charge in [-0.2, -0.15) is 4.72 Å². The van der Waals surface area contributed by atoms with Gasteiger partial charge in [0, 0.05) is 24.4 Å². The number of ether oxygens (including phenoxy) is 1. The molecule has 0 saturated carbocycles. The predicted octanol–water partition coefficient (Wildman–Crippen LogP) is 3.40. The van der Waals surface area contributed by atoms with E-state index in [1.165, 1.54) is 29.8 Å². The normalized spacial score (nSPS) is 16.0. The van der Waals surface area contributed by atoms with Crippen molar-refractivity contribution in [1.82, 2.24) is 15.4 Å². The van der Waals surface area contributed by atoms with E-state index in [-0.39, 0.29) is 18.0 Å². The summed E-state index contributed by atoms with van der Waals surface area (Å²) in [5.74, 6) is -0.109. The molecule has 3 N–H and O–H groups in total. The number of sulfonamides is 1. The molecule has 1 amide bonds. The van der Waals surface area contributed by atoms with Gasteiger partial charge >= 0.3 is 5.97 Å². The number of carbonyl (C=O) groups is 2. The molecule has 1 atom stereocenters. The number of aryl methyl sites for hydroxylation is 2. The first kappa shape index (κ1) is 28.5. The van der Waals surface area contributed by atoms with E-state index in [0.717, 1.165) is 55.6 Å². The van der Waals surface area contributed by atoms with Gasteiger partial charge in [0.15, 0.2) is 0 Å². The predicted molar refractivity (Wildman–Crippen MR) is 150 cm³/mol. The monoisotopic (exact) mass is 552 g/mol. The maximum atomic E-state index is 12.8. The van der Waals surface area contributed by atoms with Gasteiger partial charge in [0.2, 0.25) is 10.0 Å². The molecule has 0 spiro atoms. The van der Waals surface area contributed by atoms with E-state index in [4.69, 9.17) is 9.73 Å². The van der Waals surface area contributed by atoms with Crippen LogP contribution in [0, 0.1) is 6.92 Å². The molecular formula is C29H36N4O5S. The Kier molecular flexibility index (Phi) is 9.53. The van der Waals surface area contributed by atoms with E-state index in [1.807, 2.05) is 19.1 Å². The van der Waals surface area contributed by atoms with E-state index >= 15 is 0 Å². The van der Waals surface area contributed by atoms with Crippen LogP contribution < -0.4 is 15.4 Å². The van der Waals surface area contributed by atoms with Crippen molar-refractivity contribution in [1.29, 1.82) is 0 Å². The molecular weight excluding hydrogens is 516 g/mol.